The van der Waals surface area contributed by atoms with Crippen molar-refractivity contribution >= 4 is 44.4 Å². The Kier molecular flexibility index (Phi) is 5.88. The predicted molar refractivity (Wildman–Crippen MR) is 128 cm³/mol. The van der Waals surface area contributed by atoms with Crippen molar-refractivity contribution < 1.29 is 19.2 Å². The van der Waals surface area contributed by atoms with Crippen molar-refractivity contribution in [1.82, 2.24) is 9.97 Å². The van der Waals surface area contributed by atoms with E-state index < -0.39 is 4.92 Å². The summed E-state index contributed by atoms with van der Waals surface area (Å²) in [5.41, 5.74) is 2.05. The number of nitro groups is 1. The van der Waals surface area contributed by atoms with Gasteiger partial charge in [0.15, 0.2) is 16.6 Å². The number of carbonyl (C=O) groups excluding carboxylic acids is 1. The molecule has 2 aromatic heterocycles. The molecule has 0 bridgehead atoms. The van der Waals surface area contributed by atoms with Crippen LogP contribution in [0.25, 0.3) is 16.3 Å². The summed E-state index contributed by atoms with van der Waals surface area (Å²) in [6.45, 7) is 1.22. The minimum Gasteiger partial charge on any atom is -0.486 e. The summed E-state index contributed by atoms with van der Waals surface area (Å²) < 4.78 is 12.2. The maximum Gasteiger partial charge on any atom is 0.270 e. The van der Waals surface area contributed by atoms with E-state index in [1.807, 2.05) is 18.2 Å². The molecule has 0 aliphatic carbocycles. The number of non-ortho nitro benzene ring substituents is 1. The van der Waals surface area contributed by atoms with Gasteiger partial charge in [0.1, 0.15) is 13.2 Å². The standard InChI is InChI=1S/C24H18N4O5S/c29-23(7-6-16-3-1-5-18(11-16)28(30)31)27(15-17-4-2-8-25-14-17)24-26-19-12-20-21(13-22(19)34-24)33-10-9-32-20/h1-8,11-14H,9-10,15H2/b7-6+. The van der Waals surface area contributed by atoms with Gasteiger partial charge in [-0.2, -0.15) is 0 Å². The number of hydrogen-bond acceptors (Lipinski definition) is 8. The third-order valence-corrected chi connectivity index (χ3v) is 6.14. The Labute approximate surface area is 198 Å². The predicted octanol–water partition coefficient (Wildman–Crippen LogP) is 4.62. The van der Waals surface area contributed by atoms with Crippen LogP contribution in [0.2, 0.25) is 0 Å². The van der Waals surface area contributed by atoms with Gasteiger partial charge in [-0.15, -0.1) is 0 Å². The number of amides is 1. The second kappa shape index (κ2) is 9.28. The highest BCUT2D eigenvalue weighted by atomic mass is 32.1. The Morgan fingerprint density at radius 1 is 1.15 bits per heavy atom. The highest BCUT2D eigenvalue weighted by Crippen LogP contribution is 2.39. The van der Waals surface area contributed by atoms with E-state index in [1.165, 1.54) is 29.5 Å². The first kappa shape index (κ1) is 21.5. The topological polar surface area (TPSA) is 108 Å². The molecule has 4 aromatic rings. The number of anilines is 1. The van der Waals surface area contributed by atoms with Crippen LogP contribution in [0.1, 0.15) is 11.1 Å². The second-order valence-corrected chi connectivity index (χ2v) is 8.44. The van der Waals surface area contributed by atoms with Gasteiger partial charge in [0, 0.05) is 42.7 Å². The van der Waals surface area contributed by atoms with Crippen molar-refractivity contribution in [3.63, 3.8) is 0 Å². The van der Waals surface area contributed by atoms with Gasteiger partial charge in [-0.1, -0.05) is 29.5 Å². The van der Waals surface area contributed by atoms with Crippen LogP contribution < -0.4 is 14.4 Å². The smallest absolute Gasteiger partial charge is 0.270 e. The van der Waals surface area contributed by atoms with Gasteiger partial charge >= 0.3 is 0 Å². The number of carbonyl (C=O) groups is 1. The highest BCUT2D eigenvalue weighted by molar-refractivity contribution is 7.22. The molecule has 9 nitrogen and oxygen atoms in total. The Morgan fingerprint density at radius 3 is 2.74 bits per heavy atom. The summed E-state index contributed by atoms with van der Waals surface area (Å²) in [6, 6.07) is 13.5. The van der Waals surface area contributed by atoms with Crippen LogP contribution in [0.3, 0.4) is 0 Å². The van der Waals surface area contributed by atoms with Crippen LogP contribution in [0.5, 0.6) is 11.5 Å². The van der Waals surface area contributed by atoms with Crippen LogP contribution in [-0.2, 0) is 11.3 Å². The molecule has 34 heavy (non-hydrogen) atoms. The molecule has 1 aliphatic heterocycles. The van der Waals surface area contributed by atoms with Crippen LogP contribution in [0.4, 0.5) is 10.8 Å². The Morgan fingerprint density at radius 2 is 1.97 bits per heavy atom. The maximum atomic E-state index is 13.3. The highest BCUT2D eigenvalue weighted by Gasteiger charge is 2.21. The lowest BCUT2D eigenvalue weighted by atomic mass is 10.2. The van der Waals surface area contributed by atoms with Gasteiger partial charge in [0.05, 0.1) is 21.7 Å². The third-order valence-electron chi connectivity index (χ3n) is 5.10. The van der Waals surface area contributed by atoms with Crippen molar-refractivity contribution in [2.75, 3.05) is 18.1 Å². The minimum absolute atomic E-state index is 0.0404. The van der Waals surface area contributed by atoms with Crippen LogP contribution in [0.15, 0.2) is 67.0 Å². The van der Waals surface area contributed by atoms with Gasteiger partial charge in [0.2, 0.25) is 0 Å². The summed E-state index contributed by atoms with van der Waals surface area (Å²) >= 11 is 1.37. The van der Waals surface area contributed by atoms with Gasteiger partial charge in [-0.05, 0) is 23.3 Å². The first-order valence-electron chi connectivity index (χ1n) is 10.4. The molecule has 0 saturated carbocycles. The number of pyridine rings is 1. The maximum absolute atomic E-state index is 13.3. The molecule has 10 heteroatoms. The van der Waals surface area contributed by atoms with Crippen LogP contribution >= 0.6 is 11.3 Å². The van der Waals surface area contributed by atoms with Crippen LogP contribution in [-0.4, -0.2) is 34.0 Å². The number of fused-ring (bicyclic) bond motifs is 2. The molecule has 1 aliphatic rings. The Hall–Kier alpha value is -4.31. The van der Waals surface area contributed by atoms with E-state index in [-0.39, 0.29) is 18.1 Å². The number of nitro benzene ring substituents is 1. The molecule has 1 amide bonds. The Balaban J connectivity index is 1.48. The zero-order chi connectivity index (χ0) is 23.5. The molecule has 0 unspecified atom stereocenters. The summed E-state index contributed by atoms with van der Waals surface area (Å²) in [4.78, 5) is 34.2. The number of rotatable bonds is 6. The minimum atomic E-state index is -0.470. The van der Waals surface area contributed by atoms with E-state index in [2.05, 4.69) is 9.97 Å². The number of thiazole rings is 1. The SMILES string of the molecule is O=C(/C=C/c1cccc([N+](=O)[O-])c1)N(Cc1cccnc1)c1nc2cc3c(cc2s1)OCCO3. The van der Waals surface area contributed by atoms with Crippen LogP contribution in [0, 0.1) is 10.1 Å². The molecule has 0 spiro atoms. The van der Waals surface area contributed by atoms with Crippen molar-refractivity contribution in [1.29, 1.82) is 0 Å². The van der Waals surface area contributed by atoms with Gasteiger partial charge < -0.3 is 9.47 Å². The van der Waals surface area contributed by atoms with E-state index in [4.69, 9.17) is 9.47 Å². The van der Waals surface area contributed by atoms with E-state index in [0.717, 1.165) is 10.3 Å². The molecular formula is C24H18N4O5S. The molecule has 3 heterocycles. The molecule has 5 rings (SSSR count). The van der Waals surface area contributed by atoms with E-state index in [1.54, 1.807) is 41.6 Å². The number of benzene rings is 2. The van der Waals surface area contributed by atoms with Crippen molar-refractivity contribution in [3.05, 3.63) is 88.2 Å². The fourth-order valence-electron chi connectivity index (χ4n) is 3.48. The van der Waals surface area contributed by atoms with Gasteiger partial charge in [0.25, 0.3) is 11.6 Å². The lowest BCUT2D eigenvalue weighted by molar-refractivity contribution is -0.384. The Bertz CT molecular complexity index is 1360. The molecule has 0 fully saturated rings. The molecule has 0 atom stereocenters. The number of aromatic nitrogens is 2. The normalized spacial score (nSPS) is 12.7. The quantitative estimate of drug-likeness (QED) is 0.228. The zero-order valence-electron chi connectivity index (χ0n) is 17.8. The monoisotopic (exact) mass is 474 g/mol. The fourth-order valence-corrected chi connectivity index (χ4v) is 4.46. The van der Waals surface area contributed by atoms with Crippen molar-refractivity contribution in [2.24, 2.45) is 0 Å². The number of hydrogen-bond donors (Lipinski definition) is 0. The summed E-state index contributed by atoms with van der Waals surface area (Å²) in [5, 5.41) is 11.6. The van der Waals surface area contributed by atoms with E-state index in [9.17, 15) is 14.9 Å². The molecule has 0 N–H and O–H groups in total. The van der Waals surface area contributed by atoms with E-state index in [0.29, 0.717) is 40.9 Å². The number of ether oxygens (including phenoxy) is 2. The van der Waals surface area contributed by atoms with Gasteiger partial charge in [-0.3, -0.25) is 24.8 Å². The lowest BCUT2D eigenvalue weighted by Crippen LogP contribution is -2.28. The summed E-state index contributed by atoms with van der Waals surface area (Å²) in [7, 11) is 0. The summed E-state index contributed by atoms with van der Waals surface area (Å²) in [6.07, 6.45) is 6.30. The second-order valence-electron chi connectivity index (χ2n) is 7.43. The largest absolute Gasteiger partial charge is 0.486 e. The molecule has 0 saturated heterocycles. The average Bonchev–Trinajstić information content (AvgIpc) is 3.27. The first-order chi connectivity index (χ1) is 16.6. The molecule has 0 radical (unpaired) electrons. The first-order valence-corrected chi connectivity index (χ1v) is 11.2. The van der Waals surface area contributed by atoms with Gasteiger partial charge in [-0.25, -0.2) is 4.98 Å². The average molecular weight is 474 g/mol. The fraction of sp³-hybridized carbons (Fsp3) is 0.125. The number of nitrogens with zero attached hydrogens (tertiary/aromatic N) is 4. The molecule has 2 aromatic carbocycles. The lowest BCUT2D eigenvalue weighted by Gasteiger charge is -2.18. The molecular weight excluding hydrogens is 456 g/mol. The zero-order valence-corrected chi connectivity index (χ0v) is 18.6. The summed E-state index contributed by atoms with van der Waals surface area (Å²) in [5.74, 6) is 0.975. The third kappa shape index (κ3) is 4.57. The molecule has 170 valence electrons. The van der Waals surface area contributed by atoms with Crippen molar-refractivity contribution in [2.45, 2.75) is 6.54 Å². The van der Waals surface area contributed by atoms with E-state index >= 15 is 0 Å². The van der Waals surface area contributed by atoms with Crippen molar-refractivity contribution in [3.8, 4) is 11.5 Å².